The molecule has 1 aliphatic rings. The Morgan fingerprint density at radius 3 is 2.50 bits per heavy atom. The van der Waals surface area contributed by atoms with E-state index in [1.54, 1.807) is 29.2 Å². The van der Waals surface area contributed by atoms with E-state index in [1.807, 2.05) is 19.1 Å². The number of carbonyl (C=O) groups is 2. The van der Waals surface area contributed by atoms with E-state index in [9.17, 15) is 9.59 Å². The first-order valence-corrected chi connectivity index (χ1v) is 8.71. The lowest BCUT2D eigenvalue weighted by Crippen LogP contribution is -2.43. The van der Waals surface area contributed by atoms with Crippen LogP contribution in [0.5, 0.6) is 0 Å². The van der Waals surface area contributed by atoms with Gasteiger partial charge < -0.3 is 14.6 Å². The van der Waals surface area contributed by atoms with Gasteiger partial charge in [0.1, 0.15) is 0 Å². The molecule has 2 aromatic rings. The minimum atomic E-state index is -0.127. The highest BCUT2D eigenvalue weighted by atomic mass is 16.3. The first kappa shape index (κ1) is 17.7. The standard InChI is InChI=1S/C20H21N3O3/c1-14(16-6-4-15(13-21)5-7-16)22-19(24)17-8-10-23(11-9-17)20(25)18-3-2-12-26-18/h2-7,12,14,17H,8-11H2,1H3,(H,22,24). The van der Waals surface area contributed by atoms with Gasteiger partial charge in [-0.25, -0.2) is 0 Å². The molecule has 0 saturated carbocycles. The number of nitriles is 1. The van der Waals surface area contributed by atoms with Gasteiger partial charge in [-0.1, -0.05) is 12.1 Å². The second-order valence-corrected chi connectivity index (χ2v) is 6.51. The van der Waals surface area contributed by atoms with Crippen molar-refractivity contribution in [3.05, 3.63) is 59.5 Å². The van der Waals surface area contributed by atoms with Gasteiger partial charge in [0.2, 0.25) is 5.91 Å². The molecule has 1 aromatic heterocycles. The Labute approximate surface area is 152 Å². The Balaban J connectivity index is 1.51. The van der Waals surface area contributed by atoms with Gasteiger partial charge in [0.05, 0.1) is 23.9 Å². The van der Waals surface area contributed by atoms with Gasteiger partial charge in [0.25, 0.3) is 5.91 Å². The molecule has 134 valence electrons. The maximum absolute atomic E-state index is 12.5. The Hall–Kier alpha value is -3.07. The fourth-order valence-electron chi connectivity index (χ4n) is 3.16. The monoisotopic (exact) mass is 351 g/mol. The number of hydrogen-bond donors (Lipinski definition) is 1. The van der Waals surface area contributed by atoms with Crippen molar-refractivity contribution >= 4 is 11.8 Å². The highest BCUT2D eigenvalue weighted by Gasteiger charge is 2.29. The normalized spacial score (nSPS) is 15.9. The lowest BCUT2D eigenvalue weighted by molar-refractivity contribution is -0.127. The molecule has 1 aromatic carbocycles. The third-order valence-electron chi connectivity index (χ3n) is 4.78. The molecule has 2 amide bonds. The van der Waals surface area contributed by atoms with Crippen molar-refractivity contribution < 1.29 is 14.0 Å². The zero-order valence-electron chi connectivity index (χ0n) is 14.6. The highest BCUT2D eigenvalue weighted by Crippen LogP contribution is 2.21. The molecule has 1 atom stereocenters. The molecule has 6 nitrogen and oxygen atoms in total. The maximum atomic E-state index is 12.5. The number of likely N-dealkylation sites (tertiary alicyclic amines) is 1. The smallest absolute Gasteiger partial charge is 0.289 e. The van der Waals surface area contributed by atoms with Crippen LogP contribution in [-0.2, 0) is 4.79 Å². The Kier molecular flexibility index (Phi) is 5.37. The van der Waals surface area contributed by atoms with Crippen molar-refractivity contribution in [3.63, 3.8) is 0 Å². The molecule has 1 fully saturated rings. The van der Waals surface area contributed by atoms with Crippen LogP contribution in [-0.4, -0.2) is 29.8 Å². The predicted octanol–water partition coefficient (Wildman–Crippen LogP) is 2.88. The van der Waals surface area contributed by atoms with Gasteiger partial charge in [-0.15, -0.1) is 0 Å². The molecule has 3 rings (SSSR count). The van der Waals surface area contributed by atoms with E-state index < -0.39 is 0 Å². The summed E-state index contributed by atoms with van der Waals surface area (Å²) in [6.07, 6.45) is 2.76. The average Bonchev–Trinajstić information content (AvgIpc) is 3.22. The number of rotatable bonds is 4. The number of piperidine rings is 1. The summed E-state index contributed by atoms with van der Waals surface area (Å²) in [4.78, 5) is 26.5. The summed E-state index contributed by atoms with van der Waals surface area (Å²) in [5, 5.41) is 11.9. The summed E-state index contributed by atoms with van der Waals surface area (Å²) >= 11 is 0. The molecule has 1 N–H and O–H groups in total. The molecule has 0 spiro atoms. The van der Waals surface area contributed by atoms with E-state index in [-0.39, 0.29) is 23.8 Å². The largest absolute Gasteiger partial charge is 0.459 e. The second-order valence-electron chi connectivity index (χ2n) is 6.51. The van der Waals surface area contributed by atoms with Gasteiger partial charge in [0, 0.05) is 19.0 Å². The lowest BCUT2D eigenvalue weighted by Gasteiger charge is -2.31. The number of carbonyl (C=O) groups excluding carboxylic acids is 2. The van der Waals surface area contributed by atoms with Gasteiger partial charge in [-0.2, -0.15) is 5.26 Å². The van der Waals surface area contributed by atoms with E-state index in [0.29, 0.717) is 37.3 Å². The summed E-state index contributed by atoms with van der Waals surface area (Å²) in [6.45, 7) is 3.01. The first-order valence-electron chi connectivity index (χ1n) is 8.71. The summed E-state index contributed by atoms with van der Waals surface area (Å²) in [7, 11) is 0. The fourth-order valence-corrected chi connectivity index (χ4v) is 3.16. The molecular formula is C20H21N3O3. The molecule has 1 aliphatic heterocycles. The summed E-state index contributed by atoms with van der Waals surface area (Å²) in [5.74, 6) is 0.116. The summed E-state index contributed by atoms with van der Waals surface area (Å²) < 4.78 is 5.15. The van der Waals surface area contributed by atoms with Crippen molar-refractivity contribution in [2.45, 2.75) is 25.8 Å². The third-order valence-corrected chi connectivity index (χ3v) is 4.78. The lowest BCUT2D eigenvalue weighted by atomic mass is 9.95. The Bertz CT molecular complexity index is 798. The average molecular weight is 351 g/mol. The third kappa shape index (κ3) is 3.94. The van der Waals surface area contributed by atoms with Crippen LogP contribution < -0.4 is 5.32 Å². The van der Waals surface area contributed by atoms with Crippen LogP contribution in [0.15, 0.2) is 47.1 Å². The highest BCUT2D eigenvalue weighted by molar-refractivity contribution is 5.91. The van der Waals surface area contributed by atoms with Crippen LogP contribution in [0.1, 0.15) is 47.5 Å². The topological polar surface area (TPSA) is 86.3 Å². The van der Waals surface area contributed by atoms with Crippen molar-refractivity contribution in [2.24, 2.45) is 5.92 Å². The zero-order valence-corrected chi connectivity index (χ0v) is 14.6. The van der Waals surface area contributed by atoms with Crippen LogP contribution in [0.4, 0.5) is 0 Å². The summed E-state index contributed by atoms with van der Waals surface area (Å²) in [6, 6.07) is 12.5. The number of hydrogen-bond acceptors (Lipinski definition) is 4. The van der Waals surface area contributed by atoms with Crippen LogP contribution in [0.2, 0.25) is 0 Å². The molecule has 0 aliphatic carbocycles. The fraction of sp³-hybridized carbons (Fsp3) is 0.350. The van der Waals surface area contributed by atoms with Crippen molar-refractivity contribution in [1.29, 1.82) is 5.26 Å². The van der Waals surface area contributed by atoms with Crippen molar-refractivity contribution in [1.82, 2.24) is 10.2 Å². The number of furan rings is 1. The minimum absolute atomic E-state index is 0.00644. The summed E-state index contributed by atoms with van der Waals surface area (Å²) in [5.41, 5.74) is 1.56. The maximum Gasteiger partial charge on any atom is 0.289 e. The van der Waals surface area contributed by atoms with Crippen molar-refractivity contribution in [2.75, 3.05) is 13.1 Å². The molecule has 2 heterocycles. The molecule has 0 bridgehead atoms. The predicted molar refractivity (Wildman–Crippen MR) is 95.1 cm³/mol. The number of benzene rings is 1. The number of nitrogens with zero attached hydrogens (tertiary/aromatic N) is 2. The molecule has 1 unspecified atom stereocenters. The first-order chi connectivity index (χ1) is 12.6. The van der Waals surface area contributed by atoms with Gasteiger partial charge in [-0.3, -0.25) is 9.59 Å². The van der Waals surface area contributed by atoms with Crippen LogP contribution in [0.25, 0.3) is 0 Å². The van der Waals surface area contributed by atoms with E-state index in [2.05, 4.69) is 11.4 Å². The van der Waals surface area contributed by atoms with Crippen molar-refractivity contribution in [3.8, 4) is 6.07 Å². The molecule has 0 radical (unpaired) electrons. The number of nitrogens with one attached hydrogen (secondary N) is 1. The van der Waals surface area contributed by atoms with Gasteiger partial charge >= 0.3 is 0 Å². The molecule has 1 saturated heterocycles. The SMILES string of the molecule is CC(NC(=O)C1CCN(C(=O)c2ccco2)CC1)c1ccc(C#N)cc1. The van der Waals surface area contributed by atoms with E-state index >= 15 is 0 Å². The Morgan fingerprint density at radius 2 is 1.92 bits per heavy atom. The number of amides is 2. The molecule has 26 heavy (non-hydrogen) atoms. The Morgan fingerprint density at radius 1 is 1.23 bits per heavy atom. The molecule has 6 heteroatoms. The van der Waals surface area contributed by atoms with Crippen LogP contribution in [0, 0.1) is 17.2 Å². The van der Waals surface area contributed by atoms with Gasteiger partial charge in [-0.05, 0) is 49.6 Å². The zero-order chi connectivity index (χ0) is 18.5. The second kappa shape index (κ2) is 7.87. The minimum Gasteiger partial charge on any atom is -0.459 e. The molecular weight excluding hydrogens is 330 g/mol. The van der Waals surface area contributed by atoms with E-state index in [1.165, 1.54) is 6.26 Å². The van der Waals surface area contributed by atoms with Gasteiger partial charge in [0.15, 0.2) is 5.76 Å². The van der Waals surface area contributed by atoms with Crippen LogP contribution >= 0.6 is 0 Å². The van der Waals surface area contributed by atoms with E-state index in [0.717, 1.165) is 5.56 Å². The van der Waals surface area contributed by atoms with E-state index in [4.69, 9.17) is 9.68 Å². The van der Waals surface area contributed by atoms with Crippen LogP contribution in [0.3, 0.4) is 0 Å². The quantitative estimate of drug-likeness (QED) is 0.918.